The Balaban J connectivity index is 1.58. The second-order valence-electron chi connectivity index (χ2n) is 8.70. The number of hydrogen-bond donors (Lipinski definition) is 1. The largest absolute Gasteiger partial charge is 0.348 e. The van der Waals surface area contributed by atoms with E-state index in [2.05, 4.69) is 97.6 Å². The summed E-state index contributed by atoms with van der Waals surface area (Å²) in [6.45, 7) is 7.17. The fourth-order valence-electron chi connectivity index (χ4n) is 4.48. The van der Waals surface area contributed by atoms with Crippen LogP contribution in [0.2, 0.25) is 0 Å². The summed E-state index contributed by atoms with van der Waals surface area (Å²) in [7, 11) is 0. The summed E-state index contributed by atoms with van der Waals surface area (Å²) in [6, 6.07) is 25.6. The van der Waals surface area contributed by atoms with E-state index in [-0.39, 0.29) is 5.91 Å². The van der Waals surface area contributed by atoms with Crippen LogP contribution in [0.1, 0.15) is 59.6 Å². The first-order valence-corrected chi connectivity index (χ1v) is 12.8. The Labute approximate surface area is 201 Å². The van der Waals surface area contributed by atoms with Crippen molar-refractivity contribution in [2.75, 3.05) is 6.26 Å². The van der Waals surface area contributed by atoms with Crippen molar-refractivity contribution in [2.45, 2.75) is 51.1 Å². The molecule has 3 nitrogen and oxygen atoms in total. The standard InChI is InChI=1S/C29H32N2OS/c1-5-22-8-6-7-9-23(22)17-26-18-25-16-24(12-15-28(25)31(26)20(2)3)29(32)30-19-21-10-13-27(33-4)14-11-21/h6-16,18,20H,5,17,19H2,1-4H3,(H,30,32). The quantitative estimate of drug-likeness (QED) is 0.289. The number of nitrogens with zero attached hydrogens (tertiary/aromatic N) is 1. The number of aromatic nitrogens is 1. The van der Waals surface area contributed by atoms with Crippen molar-refractivity contribution in [3.63, 3.8) is 0 Å². The maximum atomic E-state index is 12.9. The predicted molar refractivity (Wildman–Crippen MR) is 140 cm³/mol. The fourth-order valence-corrected chi connectivity index (χ4v) is 4.89. The van der Waals surface area contributed by atoms with E-state index in [1.807, 2.05) is 12.1 Å². The van der Waals surface area contributed by atoms with E-state index in [9.17, 15) is 4.79 Å². The third-order valence-corrected chi connectivity index (χ3v) is 6.92. The second kappa shape index (κ2) is 10.3. The number of benzene rings is 3. The molecule has 1 amide bonds. The zero-order chi connectivity index (χ0) is 23.4. The van der Waals surface area contributed by atoms with E-state index >= 15 is 0 Å². The molecule has 0 aliphatic carbocycles. The first-order valence-electron chi connectivity index (χ1n) is 11.6. The number of nitrogens with one attached hydrogen (secondary N) is 1. The third kappa shape index (κ3) is 5.17. The van der Waals surface area contributed by atoms with E-state index in [4.69, 9.17) is 0 Å². The van der Waals surface area contributed by atoms with Crippen molar-refractivity contribution in [3.05, 3.63) is 101 Å². The van der Waals surface area contributed by atoms with Gasteiger partial charge in [-0.05, 0) is 79.6 Å². The van der Waals surface area contributed by atoms with Crippen molar-refractivity contribution in [1.82, 2.24) is 9.88 Å². The molecule has 0 aliphatic heterocycles. The molecular formula is C29H32N2OS. The molecule has 3 aromatic carbocycles. The lowest BCUT2D eigenvalue weighted by Crippen LogP contribution is -2.22. The molecule has 0 atom stereocenters. The Bertz CT molecular complexity index is 1250. The van der Waals surface area contributed by atoms with Gasteiger partial charge in [-0.1, -0.05) is 43.3 Å². The van der Waals surface area contributed by atoms with Gasteiger partial charge in [-0.3, -0.25) is 4.79 Å². The van der Waals surface area contributed by atoms with Gasteiger partial charge in [0, 0.05) is 46.1 Å². The summed E-state index contributed by atoms with van der Waals surface area (Å²) >= 11 is 1.72. The van der Waals surface area contributed by atoms with Gasteiger partial charge in [-0.25, -0.2) is 0 Å². The van der Waals surface area contributed by atoms with Gasteiger partial charge in [-0.2, -0.15) is 0 Å². The molecule has 0 radical (unpaired) electrons. The zero-order valence-corrected chi connectivity index (χ0v) is 20.7. The van der Waals surface area contributed by atoms with Crippen LogP contribution in [-0.2, 0) is 19.4 Å². The highest BCUT2D eigenvalue weighted by molar-refractivity contribution is 7.98. The SMILES string of the molecule is CCc1ccccc1Cc1cc2cc(C(=O)NCc3ccc(SC)cc3)ccc2n1C(C)C. The zero-order valence-electron chi connectivity index (χ0n) is 19.9. The Morgan fingerprint density at radius 1 is 0.970 bits per heavy atom. The van der Waals surface area contributed by atoms with Crippen LogP contribution < -0.4 is 5.32 Å². The summed E-state index contributed by atoms with van der Waals surface area (Å²) in [5.74, 6) is -0.0407. The Morgan fingerprint density at radius 2 is 1.70 bits per heavy atom. The van der Waals surface area contributed by atoms with Crippen molar-refractivity contribution in [2.24, 2.45) is 0 Å². The minimum Gasteiger partial charge on any atom is -0.348 e. The number of aryl methyl sites for hydroxylation is 1. The molecule has 0 saturated heterocycles. The second-order valence-corrected chi connectivity index (χ2v) is 9.58. The minimum absolute atomic E-state index is 0.0407. The van der Waals surface area contributed by atoms with E-state index in [0.717, 1.165) is 23.8 Å². The van der Waals surface area contributed by atoms with E-state index in [1.165, 1.54) is 27.2 Å². The van der Waals surface area contributed by atoms with Crippen molar-refractivity contribution < 1.29 is 4.79 Å². The first kappa shape index (κ1) is 23.2. The molecule has 170 valence electrons. The number of rotatable bonds is 8. The number of fused-ring (bicyclic) bond motifs is 1. The van der Waals surface area contributed by atoms with Crippen LogP contribution in [0.5, 0.6) is 0 Å². The maximum Gasteiger partial charge on any atom is 0.251 e. The van der Waals surface area contributed by atoms with Crippen molar-refractivity contribution in [3.8, 4) is 0 Å². The lowest BCUT2D eigenvalue weighted by molar-refractivity contribution is 0.0951. The molecule has 0 saturated carbocycles. The summed E-state index contributed by atoms with van der Waals surface area (Å²) in [5.41, 5.74) is 7.03. The van der Waals surface area contributed by atoms with Crippen molar-refractivity contribution in [1.29, 1.82) is 0 Å². The smallest absolute Gasteiger partial charge is 0.251 e. The highest BCUT2D eigenvalue weighted by Gasteiger charge is 2.15. The van der Waals surface area contributed by atoms with Gasteiger partial charge >= 0.3 is 0 Å². The molecular weight excluding hydrogens is 424 g/mol. The number of thioether (sulfide) groups is 1. The highest BCUT2D eigenvalue weighted by atomic mass is 32.2. The third-order valence-electron chi connectivity index (χ3n) is 6.18. The molecule has 0 aliphatic rings. The molecule has 4 aromatic rings. The topological polar surface area (TPSA) is 34.0 Å². The van der Waals surface area contributed by atoms with E-state index in [1.54, 1.807) is 11.8 Å². The van der Waals surface area contributed by atoms with Crippen LogP contribution in [0.25, 0.3) is 10.9 Å². The number of amides is 1. The number of hydrogen-bond acceptors (Lipinski definition) is 2. The lowest BCUT2D eigenvalue weighted by atomic mass is 10.0. The molecule has 0 spiro atoms. The average molecular weight is 457 g/mol. The van der Waals surface area contributed by atoms with Crippen LogP contribution in [0.3, 0.4) is 0 Å². The maximum absolute atomic E-state index is 12.9. The number of carbonyl (C=O) groups is 1. The normalized spacial score (nSPS) is 11.3. The van der Waals surface area contributed by atoms with Crippen LogP contribution in [-0.4, -0.2) is 16.7 Å². The predicted octanol–water partition coefficient (Wildman–Crippen LogP) is 7.03. The summed E-state index contributed by atoms with van der Waals surface area (Å²) in [5, 5.41) is 4.18. The van der Waals surface area contributed by atoms with Crippen LogP contribution in [0, 0.1) is 0 Å². The average Bonchev–Trinajstić information content (AvgIpc) is 3.20. The summed E-state index contributed by atoms with van der Waals surface area (Å²) < 4.78 is 2.40. The van der Waals surface area contributed by atoms with Gasteiger partial charge in [0.2, 0.25) is 0 Å². The van der Waals surface area contributed by atoms with Crippen LogP contribution in [0.15, 0.2) is 77.7 Å². The van der Waals surface area contributed by atoms with Gasteiger partial charge in [-0.15, -0.1) is 11.8 Å². The summed E-state index contributed by atoms with van der Waals surface area (Å²) in [6.07, 6.45) is 3.99. The van der Waals surface area contributed by atoms with Crippen LogP contribution >= 0.6 is 11.8 Å². The van der Waals surface area contributed by atoms with Gasteiger partial charge in [0.25, 0.3) is 5.91 Å². The molecule has 0 fully saturated rings. The molecule has 4 rings (SSSR count). The van der Waals surface area contributed by atoms with Gasteiger partial charge < -0.3 is 9.88 Å². The Kier molecular flexibility index (Phi) is 7.24. The van der Waals surface area contributed by atoms with E-state index in [0.29, 0.717) is 18.2 Å². The highest BCUT2D eigenvalue weighted by Crippen LogP contribution is 2.28. The lowest BCUT2D eigenvalue weighted by Gasteiger charge is -2.16. The Morgan fingerprint density at radius 3 is 2.36 bits per heavy atom. The summed E-state index contributed by atoms with van der Waals surface area (Å²) in [4.78, 5) is 14.1. The van der Waals surface area contributed by atoms with Gasteiger partial charge in [0.05, 0.1) is 0 Å². The van der Waals surface area contributed by atoms with E-state index < -0.39 is 0 Å². The molecule has 0 bridgehead atoms. The first-order chi connectivity index (χ1) is 16.0. The van der Waals surface area contributed by atoms with Gasteiger partial charge in [0.1, 0.15) is 0 Å². The Hall–Kier alpha value is -2.98. The molecule has 1 aromatic heterocycles. The van der Waals surface area contributed by atoms with Crippen molar-refractivity contribution >= 4 is 28.6 Å². The number of carbonyl (C=O) groups excluding carboxylic acids is 1. The minimum atomic E-state index is -0.0407. The van der Waals surface area contributed by atoms with Gasteiger partial charge in [0.15, 0.2) is 0 Å². The molecule has 4 heteroatoms. The molecule has 0 unspecified atom stereocenters. The van der Waals surface area contributed by atoms with Crippen LogP contribution in [0.4, 0.5) is 0 Å². The molecule has 1 N–H and O–H groups in total. The monoisotopic (exact) mass is 456 g/mol. The molecule has 1 heterocycles. The fraction of sp³-hybridized carbons (Fsp3) is 0.276. The molecule has 33 heavy (non-hydrogen) atoms.